The summed E-state index contributed by atoms with van der Waals surface area (Å²) in [5, 5.41) is 8.74. The van der Waals surface area contributed by atoms with Gasteiger partial charge in [0.2, 0.25) is 0 Å². The SMILES string of the molecule is C(OCC1CO1)C1CO1.O=Cc1ccc(O)cc1. The molecule has 2 fully saturated rings. The van der Waals surface area contributed by atoms with Crippen molar-refractivity contribution in [3.63, 3.8) is 0 Å². The highest BCUT2D eigenvalue weighted by Crippen LogP contribution is 2.12. The fourth-order valence-electron chi connectivity index (χ4n) is 1.21. The first kappa shape index (κ1) is 13.0. The van der Waals surface area contributed by atoms with E-state index in [1.165, 1.54) is 12.1 Å². The van der Waals surface area contributed by atoms with Crippen molar-refractivity contribution in [2.75, 3.05) is 26.4 Å². The smallest absolute Gasteiger partial charge is 0.150 e. The van der Waals surface area contributed by atoms with E-state index in [1.807, 2.05) is 0 Å². The third-order valence-corrected chi connectivity index (χ3v) is 2.44. The fraction of sp³-hybridized carbons (Fsp3) is 0.462. The Morgan fingerprint density at radius 2 is 1.67 bits per heavy atom. The van der Waals surface area contributed by atoms with Crippen molar-refractivity contribution in [3.8, 4) is 5.75 Å². The average Bonchev–Trinajstić information content (AvgIpc) is 3.26. The Hall–Kier alpha value is -1.43. The van der Waals surface area contributed by atoms with Crippen LogP contribution in [0.25, 0.3) is 0 Å². The topological polar surface area (TPSA) is 71.6 Å². The summed E-state index contributed by atoms with van der Waals surface area (Å²) in [5.41, 5.74) is 0.577. The molecule has 0 spiro atoms. The Bertz CT molecular complexity index is 355. The molecule has 1 N–H and O–H groups in total. The lowest BCUT2D eigenvalue weighted by Crippen LogP contribution is -2.06. The van der Waals surface area contributed by atoms with Crippen molar-refractivity contribution in [2.24, 2.45) is 0 Å². The van der Waals surface area contributed by atoms with Crippen LogP contribution in [-0.4, -0.2) is 50.0 Å². The highest BCUT2D eigenvalue weighted by atomic mass is 16.6. The molecule has 2 atom stereocenters. The van der Waals surface area contributed by atoms with Gasteiger partial charge in [0.25, 0.3) is 0 Å². The van der Waals surface area contributed by atoms with E-state index in [2.05, 4.69) is 0 Å². The first-order chi connectivity index (χ1) is 8.78. The van der Waals surface area contributed by atoms with Crippen LogP contribution in [0.5, 0.6) is 5.75 Å². The van der Waals surface area contributed by atoms with Gasteiger partial charge in [-0.1, -0.05) is 0 Å². The maximum absolute atomic E-state index is 10.0. The third kappa shape index (κ3) is 5.27. The van der Waals surface area contributed by atoms with Gasteiger partial charge in [0, 0.05) is 5.56 Å². The van der Waals surface area contributed by atoms with Gasteiger partial charge in [-0.05, 0) is 24.3 Å². The Balaban J connectivity index is 0.000000134. The molecular formula is C13H16O5. The van der Waals surface area contributed by atoms with Crippen LogP contribution in [-0.2, 0) is 14.2 Å². The maximum atomic E-state index is 10.0. The van der Waals surface area contributed by atoms with Crippen LogP contribution in [0.15, 0.2) is 24.3 Å². The van der Waals surface area contributed by atoms with Crippen molar-refractivity contribution in [2.45, 2.75) is 12.2 Å². The predicted molar refractivity (Wildman–Crippen MR) is 63.8 cm³/mol. The molecule has 2 aliphatic heterocycles. The number of phenols is 1. The number of aldehydes is 1. The van der Waals surface area contributed by atoms with E-state index in [-0.39, 0.29) is 5.75 Å². The average molecular weight is 252 g/mol. The van der Waals surface area contributed by atoms with Crippen LogP contribution in [0.2, 0.25) is 0 Å². The van der Waals surface area contributed by atoms with E-state index in [1.54, 1.807) is 12.1 Å². The van der Waals surface area contributed by atoms with Crippen LogP contribution in [0.4, 0.5) is 0 Å². The lowest BCUT2D eigenvalue weighted by Gasteiger charge is -1.95. The first-order valence-electron chi connectivity index (χ1n) is 5.83. The van der Waals surface area contributed by atoms with Gasteiger partial charge >= 0.3 is 0 Å². The van der Waals surface area contributed by atoms with Gasteiger partial charge in [-0.3, -0.25) is 4.79 Å². The summed E-state index contributed by atoms with van der Waals surface area (Å²) < 4.78 is 15.1. The number of benzene rings is 1. The molecule has 0 aromatic heterocycles. The normalized spacial score (nSPS) is 23.8. The van der Waals surface area contributed by atoms with Crippen molar-refractivity contribution in [3.05, 3.63) is 29.8 Å². The van der Waals surface area contributed by atoms with E-state index in [0.29, 0.717) is 17.8 Å². The lowest BCUT2D eigenvalue weighted by molar-refractivity contribution is 0.102. The zero-order chi connectivity index (χ0) is 12.8. The summed E-state index contributed by atoms with van der Waals surface area (Å²) in [5.74, 6) is 0.181. The number of hydrogen-bond acceptors (Lipinski definition) is 5. The predicted octanol–water partition coefficient (Wildman–Crippen LogP) is 1.01. The van der Waals surface area contributed by atoms with Crippen LogP contribution in [0.3, 0.4) is 0 Å². The van der Waals surface area contributed by atoms with E-state index < -0.39 is 0 Å². The maximum Gasteiger partial charge on any atom is 0.150 e. The number of epoxide rings is 2. The number of rotatable bonds is 5. The fourth-order valence-corrected chi connectivity index (χ4v) is 1.21. The quantitative estimate of drug-likeness (QED) is 0.625. The minimum atomic E-state index is 0.181. The lowest BCUT2D eigenvalue weighted by atomic mass is 10.2. The second-order valence-electron chi connectivity index (χ2n) is 4.16. The molecule has 98 valence electrons. The Morgan fingerprint density at radius 1 is 1.17 bits per heavy atom. The molecule has 2 unspecified atom stereocenters. The van der Waals surface area contributed by atoms with Gasteiger partial charge < -0.3 is 19.3 Å². The van der Waals surface area contributed by atoms with Gasteiger partial charge in [0.1, 0.15) is 24.2 Å². The molecule has 5 nitrogen and oxygen atoms in total. The highest BCUT2D eigenvalue weighted by molar-refractivity contribution is 5.74. The number of carbonyl (C=O) groups excluding carboxylic acids is 1. The van der Waals surface area contributed by atoms with E-state index >= 15 is 0 Å². The van der Waals surface area contributed by atoms with Crippen LogP contribution in [0.1, 0.15) is 10.4 Å². The highest BCUT2D eigenvalue weighted by Gasteiger charge is 2.26. The van der Waals surface area contributed by atoms with Crippen LogP contribution < -0.4 is 0 Å². The molecule has 0 aliphatic carbocycles. The molecular weight excluding hydrogens is 236 g/mol. The number of hydrogen-bond donors (Lipinski definition) is 1. The molecule has 0 bridgehead atoms. The van der Waals surface area contributed by atoms with Gasteiger partial charge in [-0.2, -0.15) is 0 Å². The minimum absolute atomic E-state index is 0.181. The Morgan fingerprint density at radius 3 is 2.06 bits per heavy atom. The van der Waals surface area contributed by atoms with Crippen LogP contribution >= 0.6 is 0 Å². The summed E-state index contributed by atoms with van der Waals surface area (Å²) >= 11 is 0. The summed E-state index contributed by atoms with van der Waals surface area (Å²) in [6, 6.07) is 6.07. The molecule has 3 rings (SSSR count). The summed E-state index contributed by atoms with van der Waals surface area (Å²) in [4.78, 5) is 10.0. The second-order valence-corrected chi connectivity index (χ2v) is 4.16. The molecule has 5 heteroatoms. The van der Waals surface area contributed by atoms with Crippen LogP contribution in [0, 0.1) is 0 Å². The number of phenolic OH excluding ortho intramolecular Hbond substituents is 1. The zero-order valence-corrected chi connectivity index (χ0v) is 9.95. The van der Waals surface area contributed by atoms with Crippen molar-refractivity contribution >= 4 is 6.29 Å². The molecule has 2 aliphatic rings. The van der Waals surface area contributed by atoms with Crippen molar-refractivity contribution in [1.82, 2.24) is 0 Å². The first-order valence-corrected chi connectivity index (χ1v) is 5.83. The minimum Gasteiger partial charge on any atom is -0.508 e. The second kappa shape index (κ2) is 6.49. The Labute approximate surface area is 105 Å². The van der Waals surface area contributed by atoms with Crippen molar-refractivity contribution < 1.29 is 24.1 Å². The van der Waals surface area contributed by atoms with Gasteiger partial charge in [0.15, 0.2) is 0 Å². The van der Waals surface area contributed by atoms with E-state index in [4.69, 9.17) is 19.3 Å². The van der Waals surface area contributed by atoms with Gasteiger partial charge in [0.05, 0.1) is 26.4 Å². The Kier molecular flexibility index (Phi) is 4.69. The molecule has 2 heterocycles. The summed E-state index contributed by atoms with van der Waals surface area (Å²) in [6.45, 7) is 3.26. The van der Waals surface area contributed by atoms with Gasteiger partial charge in [-0.15, -0.1) is 0 Å². The zero-order valence-electron chi connectivity index (χ0n) is 9.95. The molecule has 2 saturated heterocycles. The monoisotopic (exact) mass is 252 g/mol. The molecule has 18 heavy (non-hydrogen) atoms. The van der Waals surface area contributed by atoms with E-state index in [0.717, 1.165) is 32.7 Å². The molecule has 0 saturated carbocycles. The van der Waals surface area contributed by atoms with Gasteiger partial charge in [-0.25, -0.2) is 0 Å². The largest absolute Gasteiger partial charge is 0.508 e. The molecule has 1 aromatic carbocycles. The molecule has 1 aromatic rings. The third-order valence-electron chi connectivity index (χ3n) is 2.44. The number of aromatic hydroxyl groups is 1. The summed E-state index contributed by atoms with van der Waals surface area (Å²) in [6.07, 6.45) is 1.52. The summed E-state index contributed by atoms with van der Waals surface area (Å²) in [7, 11) is 0. The number of carbonyl (C=O) groups is 1. The molecule has 0 amide bonds. The standard InChI is InChI=1S/C7H6O2.C6H10O3/c8-5-6-1-3-7(9)4-2-6;1(5-3-8-5)7-2-6-4-9-6/h1-5,9H;5-6H,1-4H2. The van der Waals surface area contributed by atoms with E-state index in [9.17, 15) is 4.79 Å². The molecule has 0 radical (unpaired) electrons. The van der Waals surface area contributed by atoms with Crippen molar-refractivity contribution in [1.29, 1.82) is 0 Å². The number of ether oxygens (including phenoxy) is 3.